The number of primary amides is 1. The second-order valence-electron chi connectivity index (χ2n) is 9.51. The molecule has 1 aromatic heterocycles. The molecule has 2 aromatic carbocycles. The third-order valence-electron chi connectivity index (χ3n) is 6.47. The topological polar surface area (TPSA) is 107 Å². The molecule has 0 bridgehead atoms. The first kappa shape index (κ1) is 22.7. The van der Waals surface area contributed by atoms with Crippen LogP contribution < -0.4 is 15.8 Å². The van der Waals surface area contributed by atoms with Crippen molar-refractivity contribution in [3.63, 3.8) is 0 Å². The number of nitrogens with one attached hydrogen (secondary N) is 1. The molecule has 0 saturated heterocycles. The average molecular weight is 473 g/mol. The number of carbonyl (C=O) groups excluding carboxylic acids is 3. The van der Waals surface area contributed by atoms with E-state index in [0.29, 0.717) is 17.2 Å². The van der Waals surface area contributed by atoms with E-state index in [2.05, 4.69) is 36.0 Å². The molecule has 1 atom stereocenters. The van der Waals surface area contributed by atoms with Crippen molar-refractivity contribution in [3.05, 3.63) is 71.1 Å². The van der Waals surface area contributed by atoms with E-state index in [1.54, 1.807) is 12.1 Å². The number of benzene rings is 2. The summed E-state index contributed by atoms with van der Waals surface area (Å²) in [6.45, 7) is 6.61. The highest BCUT2D eigenvalue weighted by molar-refractivity contribution is 6.11. The summed E-state index contributed by atoms with van der Waals surface area (Å²) >= 11 is 0. The summed E-state index contributed by atoms with van der Waals surface area (Å²) in [4.78, 5) is 38.2. The second kappa shape index (κ2) is 8.61. The van der Waals surface area contributed by atoms with Crippen LogP contribution in [0.5, 0.6) is 5.75 Å². The number of carbonyl (C=O) groups is 3. The Bertz CT molecular complexity index is 1380. The molecule has 3 aromatic rings. The minimum Gasteiger partial charge on any atom is -0.484 e. The van der Waals surface area contributed by atoms with E-state index in [1.807, 2.05) is 24.3 Å². The van der Waals surface area contributed by atoms with E-state index in [4.69, 9.17) is 10.5 Å². The Hall–Kier alpha value is -4.07. The molecule has 3 N–H and O–H groups in total. The molecule has 0 fully saturated rings. The molecule has 2 aliphatic heterocycles. The zero-order valence-corrected chi connectivity index (χ0v) is 20.0. The Morgan fingerprint density at radius 2 is 1.91 bits per heavy atom. The van der Waals surface area contributed by atoms with E-state index >= 15 is 0 Å². The van der Waals surface area contributed by atoms with Gasteiger partial charge in [0.15, 0.2) is 6.61 Å². The molecular formula is C27H28N4O4. The summed E-state index contributed by atoms with van der Waals surface area (Å²) in [5.74, 6) is -0.538. The monoisotopic (exact) mass is 472 g/mol. The number of nitrogens with two attached hydrogens (primary N) is 1. The molecule has 0 radical (unpaired) electrons. The van der Waals surface area contributed by atoms with Crippen LogP contribution in [0.3, 0.4) is 0 Å². The van der Waals surface area contributed by atoms with Crippen molar-refractivity contribution in [3.8, 4) is 5.75 Å². The third-order valence-corrected chi connectivity index (χ3v) is 6.47. The van der Waals surface area contributed by atoms with Crippen molar-refractivity contribution in [2.75, 3.05) is 18.5 Å². The Morgan fingerprint density at radius 3 is 2.57 bits per heavy atom. The summed E-state index contributed by atoms with van der Waals surface area (Å²) < 4.78 is 7.67. The fourth-order valence-electron chi connectivity index (χ4n) is 5.08. The predicted molar refractivity (Wildman–Crippen MR) is 133 cm³/mol. The van der Waals surface area contributed by atoms with Gasteiger partial charge in [0.25, 0.3) is 11.8 Å². The number of amides is 3. The third kappa shape index (κ3) is 3.95. The number of anilines is 1. The Balaban J connectivity index is 1.68. The molecule has 0 aliphatic carbocycles. The number of hydrogen-bond acceptors (Lipinski definition) is 5. The van der Waals surface area contributed by atoms with Gasteiger partial charge in [-0.1, -0.05) is 32.0 Å². The zero-order chi connectivity index (χ0) is 24.9. The summed E-state index contributed by atoms with van der Waals surface area (Å²) in [5, 5.41) is 4.56. The van der Waals surface area contributed by atoms with Crippen LogP contribution in [0.2, 0.25) is 0 Å². The molecular weight excluding hydrogens is 444 g/mol. The zero-order valence-electron chi connectivity index (χ0n) is 20.0. The average Bonchev–Trinajstić information content (AvgIpc) is 3.27. The fourth-order valence-corrected chi connectivity index (χ4v) is 5.08. The van der Waals surface area contributed by atoms with Crippen LogP contribution in [0, 0.1) is 5.92 Å². The van der Waals surface area contributed by atoms with Gasteiger partial charge in [-0.3, -0.25) is 19.3 Å². The number of ether oxygens (including phenoxy) is 1. The van der Waals surface area contributed by atoms with Crippen molar-refractivity contribution >= 4 is 34.3 Å². The van der Waals surface area contributed by atoms with Crippen LogP contribution in [0.15, 0.2) is 59.9 Å². The van der Waals surface area contributed by atoms with Crippen molar-refractivity contribution in [1.82, 2.24) is 9.47 Å². The molecule has 3 heterocycles. The molecule has 5 rings (SSSR count). The van der Waals surface area contributed by atoms with Crippen molar-refractivity contribution in [1.29, 1.82) is 0 Å². The molecule has 180 valence electrons. The first-order chi connectivity index (χ1) is 16.7. The molecule has 0 spiro atoms. The van der Waals surface area contributed by atoms with Gasteiger partial charge in [-0.15, -0.1) is 0 Å². The summed E-state index contributed by atoms with van der Waals surface area (Å²) in [6.07, 6.45) is 2.14. The van der Waals surface area contributed by atoms with Crippen LogP contribution in [-0.4, -0.2) is 40.3 Å². The SMILES string of the molecule is CC(=O)N1CC2=C(C1=O)C(c1ccc(OCC(N)=O)cc1)c1cn(CC(C)C)c3cccc(c13)N2. The Morgan fingerprint density at radius 1 is 1.17 bits per heavy atom. The smallest absolute Gasteiger partial charge is 0.259 e. The summed E-state index contributed by atoms with van der Waals surface area (Å²) in [5.41, 5.74) is 10.4. The highest BCUT2D eigenvalue weighted by Gasteiger charge is 2.41. The van der Waals surface area contributed by atoms with Gasteiger partial charge in [0, 0.05) is 42.4 Å². The maximum absolute atomic E-state index is 13.5. The van der Waals surface area contributed by atoms with Crippen molar-refractivity contribution in [2.24, 2.45) is 11.7 Å². The molecule has 8 heteroatoms. The van der Waals surface area contributed by atoms with E-state index in [9.17, 15) is 14.4 Å². The first-order valence-electron chi connectivity index (χ1n) is 11.7. The van der Waals surface area contributed by atoms with Gasteiger partial charge in [0.1, 0.15) is 5.75 Å². The minimum atomic E-state index is -0.551. The van der Waals surface area contributed by atoms with Crippen LogP contribution in [0.1, 0.15) is 37.8 Å². The van der Waals surface area contributed by atoms with Gasteiger partial charge in [0.05, 0.1) is 17.6 Å². The quantitative estimate of drug-likeness (QED) is 0.572. The van der Waals surface area contributed by atoms with Gasteiger partial charge in [-0.05, 0) is 41.3 Å². The Labute approximate surface area is 203 Å². The summed E-state index contributed by atoms with van der Waals surface area (Å²) in [7, 11) is 0. The molecule has 1 unspecified atom stereocenters. The lowest BCUT2D eigenvalue weighted by Crippen LogP contribution is -2.33. The first-order valence-corrected chi connectivity index (χ1v) is 11.7. The van der Waals surface area contributed by atoms with E-state index < -0.39 is 5.91 Å². The lowest BCUT2D eigenvalue weighted by atomic mass is 9.84. The lowest BCUT2D eigenvalue weighted by Gasteiger charge is -2.20. The number of imide groups is 1. The van der Waals surface area contributed by atoms with Crippen LogP contribution >= 0.6 is 0 Å². The minimum absolute atomic E-state index is 0.208. The van der Waals surface area contributed by atoms with Gasteiger partial charge in [-0.2, -0.15) is 0 Å². The van der Waals surface area contributed by atoms with Crippen LogP contribution in [-0.2, 0) is 20.9 Å². The van der Waals surface area contributed by atoms with Gasteiger partial charge in [-0.25, -0.2) is 0 Å². The molecule has 8 nitrogen and oxygen atoms in total. The maximum atomic E-state index is 13.5. The number of aromatic nitrogens is 1. The number of hydrogen-bond donors (Lipinski definition) is 2. The van der Waals surface area contributed by atoms with Crippen LogP contribution in [0.4, 0.5) is 5.69 Å². The molecule has 2 aliphatic rings. The largest absolute Gasteiger partial charge is 0.484 e. The summed E-state index contributed by atoms with van der Waals surface area (Å²) in [6, 6.07) is 13.5. The number of rotatable bonds is 6. The standard InChI is InChI=1S/C27H28N4O4/c1-15(2)11-30-12-19-24(17-7-9-18(10-8-17)35-14-23(28)33)26-21(13-31(16(3)32)27(26)34)29-20-5-4-6-22(30)25(19)20/h4-10,12,15,24,29H,11,13-14H2,1-3H3,(H2,28,33). The maximum Gasteiger partial charge on any atom is 0.259 e. The predicted octanol–water partition coefficient (Wildman–Crippen LogP) is 3.36. The van der Waals surface area contributed by atoms with Gasteiger partial charge >= 0.3 is 0 Å². The second-order valence-corrected chi connectivity index (χ2v) is 9.51. The van der Waals surface area contributed by atoms with E-state index in [1.165, 1.54) is 11.8 Å². The number of nitrogens with zero attached hydrogens (tertiary/aromatic N) is 2. The lowest BCUT2D eigenvalue weighted by molar-refractivity contribution is -0.139. The van der Waals surface area contributed by atoms with Crippen molar-refractivity contribution < 1.29 is 19.1 Å². The Kier molecular flexibility index (Phi) is 5.59. The van der Waals surface area contributed by atoms with Crippen LogP contribution in [0.25, 0.3) is 10.9 Å². The highest BCUT2D eigenvalue weighted by atomic mass is 16.5. The van der Waals surface area contributed by atoms with E-state index in [0.717, 1.165) is 40.0 Å². The van der Waals surface area contributed by atoms with E-state index in [-0.39, 0.29) is 30.9 Å². The van der Waals surface area contributed by atoms with Gasteiger partial charge < -0.3 is 20.4 Å². The fraction of sp³-hybridized carbons (Fsp3) is 0.296. The normalized spacial score (nSPS) is 17.0. The molecule has 3 amide bonds. The molecule has 35 heavy (non-hydrogen) atoms. The van der Waals surface area contributed by atoms with Crippen molar-refractivity contribution in [2.45, 2.75) is 33.2 Å². The van der Waals surface area contributed by atoms with Gasteiger partial charge in [0.2, 0.25) is 5.91 Å². The molecule has 0 saturated carbocycles. The highest BCUT2D eigenvalue weighted by Crippen LogP contribution is 2.46.